The number of hydrogen-bond acceptors (Lipinski definition) is 3. The molecule has 1 aromatic rings. The van der Waals surface area contributed by atoms with E-state index in [0.717, 1.165) is 12.8 Å². The molecule has 2 N–H and O–H groups in total. The topological polar surface area (TPSA) is 67.4 Å². The fourth-order valence-corrected chi connectivity index (χ4v) is 1.55. The second kappa shape index (κ2) is 8.19. The van der Waals surface area contributed by atoms with E-state index in [1.54, 1.807) is 24.3 Å². The molecule has 0 saturated carbocycles. The van der Waals surface area contributed by atoms with Gasteiger partial charge in [-0.15, -0.1) is 0 Å². The van der Waals surface area contributed by atoms with Gasteiger partial charge in [0.2, 0.25) is 0 Å². The zero-order valence-corrected chi connectivity index (χ0v) is 12.2. The van der Waals surface area contributed by atoms with Crippen molar-refractivity contribution in [2.75, 3.05) is 11.9 Å². The minimum atomic E-state index is -0.369. The summed E-state index contributed by atoms with van der Waals surface area (Å²) in [7, 11) is 0. The lowest BCUT2D eigenvalue weighted by atomic mass is 10.2. The molecular weight excluding hydrogens is 256 g/mol. The first kappa shape index (κ1) is 16.0. The highest BCUT2D eigenvalue weighted by Gasteiger charge is 2.09. The van der Waals surface area contributed by atoms with E-state index in [0.29, 0.717) is 17.9 Å². The fourth-order valence-electron chi connectivity index (χ4n) is 1.55. The van der Waals surface area contributed by atoms with Crippen LogP contribution in [0, 0.1) is 0 Å². The number of unbranched alkanes of at least 4 members (excludes halogenated alkanes) is 1. The predicted molar refractivity (Wildman–Crippen MR) is 78.9 cm³/mol. The van der Waals surface area contributed by atoms with Crippen LogP contribution >= 0.6 is 0 Å². The van der Waals surface area contributed by atoms with E-state index in [1.165, 1.54) is 0 Å². The van der Waals surface area contributed by atoms with Crippen LogP contribution in [0.3, 0.4) is 0 Å². The van der Waals surface area contributed by atoms with Crippen LogP contribution in [0.4, 0.5) is 10.5 Å². The van der Waals surface area contributed by atoms with Gasteiger partial charge in [0, 0.05) is 11.7 Å². The van der Waals surface area contributed by atoms with Crippen molar-refractivity contribution in [3.05, 3.63) is 29.8 Å². The molecule has 0 radical (unpaired) electrons. The van der Waals surface area contributed by atoms with Crippen molar-refractivity contribution in [2.24, 2.45) is 0 Å². The minimum Gasteiger partial charge on any atom is -0.462 e. The van der Waals surface area contributed by atoms with Gasteiger partial charge in [0.25, 0.3) is 0 Å². The van der Waals surface area contributed by atoms with Crippen LogP contribution in [0.2, 0.25) is 0 Å². The second-order valence-electron chi connectivity index (χ2n) is 4.82. The summed E-state index contributed by atoms with van der Waals surface area (Å²) in [4.78, 5) is 23.4. The standard InChI is InChI=1S/C15H22N2O3/c1-4-5-9-20-14(18)12-7-6-8-13(10-12)17-15(19)16-11(2)3/h6-8,10-11H,4-5,9H2,1-3H3,(H2,16,17,19). The van der Waals surface area contributed by atoms with E-state index >= 15 is 0 Å². The number of ether oxygens (including phenoxy) is 1. The van der Waals surface area contributed by atoms with Gasteiger partial charge in [-0.05, 0) is 38.5 Å². The van der Waals surface area contributed by atoms with E-state index in [2.05, 4.69) is 10.6 Å². The van der Waals surface area contributed by atoms with Crippen LogP contribution in [0.1, 0.15) is 44.0 Å². The van der Waals surface area contributed by atoms with Gasteiger partial charge < -0.3 is 15.4 Å². The van der Waals surface area contributed by atoms with Crippen LogP contribution < -0.4 is 10.6 Å². The molecule has 0 aliphatic rings. The molecule has 5 nitrogen and oxygen atoms in total. The zero-order valence-electron chi connectivity index (χ0n) is 12.2. The molecule has 0 spiro atoms. The van der Waals surface area contributed by atoms with Crippen molar-refractivity contribution in [3.63, 3.8) is 0 Å². The molecule has 20 heavy (non-hydrogen) atoms. The van der Waals surface area contributed by atoms with Gasteiger partial charge in [-0.3, -0.25) is 0 Å². The number of nitrogens with one attached hydrogen (secondary N) is 2. The predicted octanol–water partition coefficient (Wildman–Crippen LogP) is 3.17. The Morgan fingerprint density at radius 2 is 2.05 bits per heavy atom. The second-order valence-corrected chi connectivity index (χ2v) is 4.82. The Balaban J connectivity index is 2.61. The molecule has 0 bridgehead atoms. The highest BCUT2D eigenvalue weighted by atomic mass is 16.5. The monoisotopic (exact) mass is 278 g/mol. The first-order chi connectivity index (χ1) is 9.52. The van der Waals surface area contributed by atoms with Crippen LogP contribution in [-0.4, -0.2) is 24.6 Å². The number of amides is 2. The van der Waals surface area contributed by atoms with Crippen LogP contribution in [-0.2, 0) is 4.74 Å². The van der Waals surface area contributed by atoms with Gasteiger partial charge in [0.05, 0.1) is 12.2 Å². The van der Waals surface area contributed by atoms with Crippen molar-refractivity contribution in [1.29, 1.82) is 0 Å². The number of carbonyl (C=O) groups is 2. The van der Waals surface area contributed by atoms with E-state index in [1.807, 2.05) is 20.8 Å². The third-order valence-electron chi connectivity index (χ3n) is 2.51. The van der Waals surface area contributed by atoms with Gasteiger partial charge in [-0.2, -0.15) is 0 Å². The maximum absolute atomic E-state index is 11.8. The molecule has 0 heterocycles. The zero-order chi connectivity index (χ0) is 15.0. The lowest BCUT2D eigenvalue weighted by molar-refractivity contribution is 0.0499. The average Bonchev–Trinajstić information content (AvgIpc) is 2.38. The third kappa shape index (κ3) is 5.73. The van der Waals surface area contributed by atoms with Crippen LogP contribution in [0.25, 0.3) is 0 Å². The van der Waals surface area contributed by atoms with Gasteiger partial charge in [0.1, 0.15) is 0 Å². The van der Waals surface area contributed by atoms with Gasteiger partial charge in [-0.1, -0.05) is 19.4 Å². The van der Waals surface area contributed by atoms with E-state index in [4.69, 9.17) is 4.74 Å². The normalized spacial score (nSPS) is 10.2. The molecule has 0 atom stereocenters. The molecule has 0 saturated heterocycles. The number of rotatable bonds is 6. The van der Waals surface area contributed by atoms with Gasteiger partial charge >= 0.3 is 12.0 Å². The Bertz CT molecular complexity index is 458. The molecule has 0 aliphatic heterocycles. The van der Waals surface area contributed by atoms with Crippen molar-refractivity contribution in [2.45, 2.75) is 39.7 Å². The summed E-state index contributed by atoms with van der Waals surface area (Å²) < 4.78 is 5.13. The number of urea groups is 1. The highest BCUT2D eigenvalue weighted by molar-refractivity contribution is 5.93. The average molecular weight is 278 g/mol. The number of esters is 1. The molecule has 0 fully saturated rings. The Kier molecular flexibility index (Phi) is 6.56. The molecule has 0 aromatic heterocycles. The highest BCUT2D eigenvalue weighted by Crippen LogP contribution is 2.12. The van der Waals surface area contributed by atoms with E-state index in [-0.39, 0.29) is 18.0 Å². The van der Waals surface area contributed by atoms with Crippen LogP contribution in [0.15, 0.2) is 24.3 Å². The summed E-state index contributed by atoms with van der Waals surface area (Å²) in [6.07, 6.45) is 1.82. The molecule has 1 aromatic carbocycles. The van der Waals surface area contributed by atoms with E-state index in [9.17, 15) is 9.59 Å². The summed E-state index contributed by atoms with van der Waals surface area (Å²) in [6.45, 7) is 6.20. The van der Waals surface area contributed by atoms with Crippen molar-refractivity contribution in [3.8, 4) is 0 Å². The molecule has 1 rings (SSSR count). The summed E-state index contributed by atoms with van der Waals surface area (Å²) in [5.41, 5.74) is 0.997. The minimum absolute atomic E-state index is 0.0530. The maximum Gasteiger partial charge on any atom is 0.338 e. The molecule has 2 amide bonds. The lowest BCUT2D eigenvalue weighted by Crippen LogP contribution is -2.34. The molecule has 0 unspecified atom stereocenters. The SMILES string of the molecule is CCCCOC(=O)c1cccc(NC(=O)NC(C)C)c1. The van der Waals surface area contributed by atoms with Crippen molar-refractivity contribution < 1.29 is 14.3 Å². The Morgan fingerprint density at radius 1 is 1.30 bits per heavy atom. The summed E-state index contributed by atoms with van der Waals surface area (Å²) >= 11 is 0. The Hall–Kier alpha value is -2.04. The molecule has 110 valence electrons. The quantitative estimate of drug-likeness (QED) is 0.620. The largest absolute Gasteiger partial charge is 0.462 e. The number of hydrogen-bond donors (Lipinski definition) is 2. The number of anilines is 1. The number of benzene rings is 1. The fraction of sp³-hybridized carbons (Fsp3) is 0.467. The first-order valence-corrected chi connectivity index (χ1v) is 6.87. The molecule has 0 aliphatic carbocycles. The molecule has 5 heteroatoms. The third-order valence-corrected chi connectivity index (χ3v) is 2.51. The smallest absolute Gasteiger partial charge is 0.338 e. The lowest BCUT2D eigenvalue weighted by Gasteiger charge is -2.11. The van der Waals surface area contributed by atoms with E-state index < -0.39 is 0 Å². The first-order valence-electron chi connectivity index (χ1n) is 6.87. The summed E-state index contributed by atoms with van der Waals surface area (Å²) in [6, 6.07) is 6.46. The Labute approximate surface area is 119 Å². The molecular formula is C15H22N2O3. The van der Waals surface area contributed by atoms with Gasteiger partial charge in [-0.25, -0.2) is 9.59 Å². The number of carbonyl (C=O) groups excluding carboxylic acids is 2. The van der Waals surface area contributed by atoms with Gasteiger partial charge in [0.15, 0.2) is 0 Å². The van der Waals surface area contributed by atoms with Crippen molar-refractivity contribution >= 4 is 17.7 Å². The maximum atomic E-state index is 11.8. The van der Waals surface area contributed by atoms with Crippen LogP contribution in [0.5, 0.6) is 0 Å². The summed E-state index contributed by atoms with van der Waals surface area (Å²) in [5, 5.41) is 5.39. The Morgan fingerprint density at radius 3 is 2.70 bits per heavy atom. The van der Waals surface area contributed by atoms with Crippen molar-refractivity contribution in [1.82, 2.24) is 5.32 Å². The summed E-state index contributed by atoms with van der Waals surface area (Å²) in [5.74, 6) is -0.369.